The first-order chi connectivity index (χ1) is 13.8. The van der Waals surface area contributed by atoms with E-state index in [9.17, 15) is 13.2 Å². The molecule has 1 heterocycles. The van der Waals surface area contributed by atoms with E-state index in [0.717, 1.165) is 29.1 Å². The fraction of sp³-hybridized carbons (Fsp3) is 0.409. The molecular weight excluding hydrogens is 408 g/mol. The predicted molar refractivity (Wildman–Crippen MR) is 113 cm³/mol. The van der Waals surface area contributed by atoms with E-state index in [1.54, 1.807) is 0 Å². The number of nitrogens with zero attached hydrogens (tertiary/aromatic N) is 2. The molecule has 154 valence electrons. The quantitative estimate of drug-likeness (QED) is 0.729. The third-order valence-electron chi connectivity index (χ3n) is 6.39. The van der Waals surface area contributed by atoms with Crippen molar-refractivity contribution in [2.45, 2.75) is 36.1 Å². The van der Waals surface area contributed by atoms with Crippen molar-refractivity contribution in [1.29, 1.82) is 0 Å². The van der Waals surface area contributed by atoms with Crippen LogP contribution >= 0.6 is 11.6 Å². The number of benzene rings is 2. The average molecular weight is 433 g/mol. The third kappa shape index (κ3) is 3.18. The van der Waals surface area contributed by atoms with E-state index in [2.05, 4.69) is 12.1 Å². The standard InChI is InChI=1S/C22H25ClN2O3S/c1-24(2)29(27,28)18-11-12-20(23)19(14-18)21(26)25-15-17-10-6-7-13-22(17,25)16-8-4-3-5-9-16/h3-5,8-9,11-12,14,17H,6-7,10,13,15H2,1-2H3/t17-,22-/m0/s1. The van der Waals surface area contributed by atoms with E-state index in [0.29, 0.717) is 12.5 Å². The van der Waals surface area contributed by atoms with Crippen LogP contribution in [-0.4, -0.2) is 44.2 Å². The van der Waals surface area contributed by atoms with Crippen molar-refractivity contribution in [3.8, 4) is 0 Å². The van der Waals surface area contributed by atoms with Crippen LogP contribution in [0.25, 0.3) is 0 Å². The van der Waals surface area contributed by atoms with Crippen LogP contribution in [-0.2, 0) is 15.6 Å². The van der Waals surface area contributed by atoms with Crippen molar-refractivity contribution in [2.75, 3.05) is 20.6 Å². The molecule has 1 amide bonds. The van der Waals surface area contributed by atoms with Gasteiger partial charge in [-0.25, -0.2) is 12.7 Å². The Bertz CT molecular complexity index is 1040. The smallest absolute Gasteiger partial charge is 0.256 e. The van der Waals surface area contributed by atoms with E-state index < -0.39 is 10.0 Å². The van der Waals surface area contributed by atoms with Crippen LogP contribution in [0.3, 0.4) is 0 Å². The Labute approximate surface area is 177 Å². The lowest BCUT2D eigenvalue weighted by Crippen LogP contribution is -2.67. The van der Waals surface area contributed by atoms with Crippen molar-refractivity contribution < 1.29 is 13.2 Å². The Morgan fingerprint density at radius 2 is 1.86 bits per heavy atom. The number of sulfonamides is 1. The van der Waals surface area contributed by atoms with Crippen molar-refractivity contribution >= 4 is 27.5 Å². The molecule has 4 rings (SSSR count). The normalized spacial score (nSPS) is 24.1. The first kappa shape index (κ1) is 20.4. The van der Waals surface area contributed by atoms with Crippen molar-refractivity contribution in [2.24, 2.45) is 5.92 Å². The molecule has 2 aromatic rings. The molecule has 2 fully saturated rings. The number of hydrogen-bond acceptors (Lipinski definition) is 3. The Balaban J connectivity index is 1.75. The monoisotopic (exact) mass is 432 g/mol. The molecule has 1 saturated carbocycles. The number of hydrogen-bond donors (Lipinski definition) is 0. The van der Waals surface area contributed by atoms with Crippen molar-refractivity contribution in [1.82, 2.24) is 9.21 Å². The first-order valence-electron chi connectivity index (χ1n) is 9.88. The molecule has 0 unspecified atom stereocenters. The van der Waals surface area contributed by atoms with Gasteiger partial charge in [0, 0.05) is 26.6 Å². The van der Waals surface area contributed by atoms with Crippen LogP contribution in [0.2, 0.25) is 5.02 Å². The summed E-state index contributed by atoms with van der Waals surface area (Å²) in [5.74, 6) is 0.225. The lowest BCUT2D eigenvalue weighted by atomic mass is 9.61. The number of halogens is 1. The summed E-state index contributed by atoms with van der Waals surface area (Å²) in [7, 11) is -0.711. The lowest BCUT2D eigenvalue weighted by Gasteiger charge is -2.61. The average Bonchev–Trinajstić information content (AvgIpc) is 2.69. The van der Waals surface area contributed by atoms with Gasteiger partial charge in [-0.05, 0) is 36.6 Å². The van der Waals surface area contributed by atoms with Gasteiger partial charge in [0.2, 0.25) is 10.0 Å². The highest BCUT2D eigenvalue weighted by Gasteiger charge is 2.57. The molecule has 0 N–H and O–H groups in total. The van der Waals surface area contributed by atoms with Gasteiger partial charge in [0.1, 0.15) is 0 Å². The molecule has 29 heavy (non-hydrogen) atoms. The second-order valence-electron chi connectivity index (χ2n) is 8.08. The van der Waals surface area contributed by atoms with Gasteiger partial charge in [0.25, 0.3) is 5.91 Å². The van der Waals surface area contributed by atoms with E-state index in [1.165, 1.54) is 38.7 Å². The summed E-state index contributed by atoms with van der Waals surface area (Å²) in [6, 6.07) is 14.5. The second-order valence-corrected chi connectivity index (χ2v) is 10.6. The fourth-order valence-electron chi connectivity index (χ4n) is 4.81. The first-order valence-corrected chi connectivity index (χ1v) is 11.7. The minimum absolute atomic E-state index is 0.0738. The molecule has 0 aromatic heterocycles. The van der Waals surface area contributed by atoms with Crippen LogP contribution in [0.5, 0.6) is 0 Å². The Morgan fingerprint density at radius 3 is 2.52 bits per heavy atom. The number of fused-ring (bicyclic) bond motifs is 1. The second kappa shape index (κ2) is 7.42. The van der Waals surface area contributed by atoms with Gasteiger partial charge in [0.15, 0.2) is 0 Å². The minimum Gasteiger partial charge on any atom is -0.328 e. The number of amides is 1. The van der Waals surface area contributed by atoms with Crippen LogP contribution in [0.15, 0.2) is 53.4 Å². The van der Waals surface area contributed by atoms with E-state index in [4.69, 9.17) is 11.6 Å². The highest BCUT2D eigenvalue weighted by Crippen LogP contribution is 2.54. The Kier molecular flexibility index (Phi) is 5.21. The molecule has 5 nitrogen and oxygen atoms in total. The Morgan fingerprint density at radius 1 is 1.14 bits per heavy atom. The van der Waals surface area contributed by atoms with Crippen molar-refractivity contribution in [3.05, 3.63) is 64.7 Å². The van der Waals surface area contributed by atoms with Gasteiger partial charge in [0.05, 0.1) is 21.0 Å². The number of carbonyl (C=O) groups is 1. The summed E-state index contributed by atoms with van der Waals surface area (Å²) >= 11 is 6.36. The molecule has 1 saturated heterocycles. The van der Waals surface area contributed by atoms with E-state index >= 15 is 0 Å². The number of carbonyl (C=O) groups excluding carboxylic acids is 1. The summed E-state index contributed by atoms with van der Waals surface area (Å²) in [5.41, 5.74) is 1.07. The zero-order chi connectivity index (χ0) is 20.8. The highest BCUT2D eigenvalue weighted by molar-refractivity contribution is 7.89. The molecule has 2 aromatic carbocycles. The maximum absolute atomic E-state index is 13.6. The van der Waals surface area contributed by atoms with Gasteiger partial charge in [-0.3, -0.25) is 4.79 Å². The van der Waals surface area contributed by atoms with Gasteiger partial charge < -0.3 is 4.90 Å². The summed E-state index contributed by atoms with van der Waals surface area (Å²) < 4.78 is 26.2. The summed E-state index contributed by atoms with van der Waals surface area (Å²) in [5, 5.41) is 0.273. The molecule has 7 heteroatoms. The topological polar surface area (TPSA) is 57.7 Å². The van der Waals surface area contributed by atoms with Crippen LogP contribution in [0.1, 0.15) is 41.6 Å². The summed E-state index contributed by atoms with van der Waals surface area (Å²) in [6.07, 6.45) is 4.26. The van der Waals surface area contributed by atoms with E-state index in [1.807, 2.05) is 23.1 Å². The van der Waals surface area contributed by atoms with Crippen LogP contribution in [0, 0.1) is 5.92 Å². The van der Waals surface area contributed by atoms with Gasteiger partial charge >= 0.3 is 0 Å². The zero-order valence-corrected chi connectivity index (χ0v) is 18.2. The maximum Gasteiger partial charge on any atom is 0.256 e. The summed E-state index contributed by atoms with van der Waals surface area (Å²) in [6.45, 7) is 0.675. The van der Waals surface area contributed by atoms with Crippen LogP contribution in [0.4, 0.5) is 0 Å². The fourth-order valence-corrected chi connectivity index (χ4v) is 5.94. The SMILES string of the molecule is CN(C)S(=O)(=O)c1ccc(Cl)c(C(=O)N2C[C@@H]3CCCC[C@]32c2ccccc2)c1. The lowest BCUT2D eigenvalue weighted by molar-refractivity contribution is -0.0869. The highest BCUT2D eigenvalue weighted by atomic mass is 35.5. The van der Waals surface area contributed by atoms with Crippen molar-refractivity contribution in [3.63, 3.8) is 0 Å². The molecule has 1 aliphatic heterocycles. The largest absolute Gasteiger partial charge is 0.328 e. The van der Waals surface area contributed by atoms with Gasteiger partial charge in [-0.1, -0.05) is 54.8 Å². The molecule has 0 spiro atoms. The molecule has 0 radical (unpaired) electrons. The number of likely N-dealkylation sites (tertiary alicyclic amines) is 1. The third-order valence-corrected chi connectivity index (χ3v) is 8.53. The number of rotatable bonds is 4. The molecule has 0 bridgehead atoms. The van der Waals surface area contributed by atoms with Crippen LogP contribution < -0.4 is 0 Å². The minimum atomic E-state index is -3.65. The predicted octanol–water partition coefficient (Wildman–Crippen LogP) is 4.13. The van der Waals surface area contributed by atoms with Gasteiger partial charge in [-0.2, -0.15) is 0 Å². The molecule has 1 aliphatic carbocycles. The summed E-state index contributed by atoms with van der Waals surface area (Å²) in [4.78, 5) is 15.5. The molecule has 2 atom stereocenters. The molecular formula is C22H25ClN2O3S. The zero-order valence-electron chi connectivity index (χ0n) is 16.6. The molecule has 2 aliphatic rings. The Hall–Kier alpha value is -1.89. The van der Waals surface area contributed by atoms with E-state index in [-0.39, 0.29) is 26.9 Å². The van der Waals surface area contributed by atoms with Gasteiger partial charge in [-0.15, -0.1) is 0 Å². The maximum atomic E-state index is 13.6.